The zero-order valence-electron chi connectivity index (χ0n) is 25.8. The van der Waals surface area contributed by atoms with Crippen LogP contribution >= 0.6 is 0 Å². The van der Waals surface area contributed by atoms with Gasteiger partial charge >= 0.3 is 0 Å². The van der Waals surface area contributed by atoms with Gasteiger partial charge in [-0.2, -0.15) is 0 Å². The van der Waals surface area contributed by atoms with Crippen LogP contribution in [0.2, 0.25) is 0 Å². The molecule has 3 amide bonds. The Kier molecular flexibility index (Phi) is 8.05. The highest BCUT2D eigenvalue weighted by Gasteiger charge is 2.39. The second kappa shape index (κ2) is 12.6. The Morgan fingerprint density at radius 2 is 1.73 bits per heavy atom. The van der Waals surface area contributed by atoms with Crippen molar-refractivity contribution in [3.05, 3.63) is 124 Å². The van der Waals surface area contributed by atoms with Gasteiger partial charge in [-0.05, 0) is 71.3 Å². The average molecular weight is 648 g/mol. The first-order valence-electron chi connectivity index (χ1n) is 15.3. The Bertz CT molecular complexity index is 2130. The summed E-state index contributed by atoms with van der Waals surface area (Å²) in [4.78, 5) is 58.2. The third kappa shape index (κ3) is 6.19. The van der Waals surface area contributed by atoms with Gasteiger partial charge in [0.2, 0.25) is 0 Å². The standard InChI is InChI=1S/C36H30FN5O6/c1-41-20-39-30-15-24(7-11-27(30)36(41)46)35(45)42-17-31-32(18-42)48-25-9-5-21(6-10-25)16-38-33(43)19-47-26-4-2-3-22(13-26)23-8-12-29(37)28(14-23)34(44)40-31/h2-15,20,31-32H,16-19H2,1H3,(H,38,43)(H,40,44)/t31-,32-/m0/s1. The number of amides is 3. The van der Waals surface area contributed by atoms with Crippen LogP contribution in [0.15, 0.2) is 96.1 Å². The number of benzene rings is 4. The third-order valence-corrected chi connectivity index (χ3v) is 8.48. The van der Waals surface area contributed by atoms with Crippen molar-refractivity contribution in [2.45, 2.75) is 18.7 Å². The normalized spacial score (nSPS) is 17.9. The highest BCUT2D eigenvalue weighted by atomic mass is 19.1. The van der Waals surface area contributed by atoms with Gasteiger partial charge in [-0.15, -0.1) is 0 Å². The van der Waals surface area contributed by atoms with Gasteiger partial charge in [0.15, 0.2) is 6.61 Å². The lowest BCUT2D eigenvalue weighted by molar-refractivity contribution is -0.123. The molecule has 5 aromatic rings. The summed E-state index contributed by atoms with van der Waals surface area (Å²) in [6, 6.07) is 22.3. The smallest absolute Gasteiger partial charge is 0.260 e. The van der Waals surface area contributed by atoms with Gasteiger partial charge in [0.05, 0.1) is 35.4 Å². The number of rotatable bonds is 1. The first-order chi connectivity index (χ1) is 23.2. The summed E-state index contributed by atoms with van der Waals surface area (Å²) in [6.45, 7) is 0.285. The molecule has 0 aliphatic carbocycles. The van der Waals surface area contributed by atoms with E-state index in [-0.39, 0.29) is 49.2 Å². The molecule has 12 heteroatoms. The predicted octanol–water partition coefficient (Wildman–Crippen LogP) is 3.45. The van der Waals surface area contributed by atoms with Crippen LogP contribution in [0.3, 0.4) is 0 Å². The Morgan fingerprint density at radius 3 is 2.56 bits per heavy atom. The molecule has 2 N–H and O–H groups in total. The van der Waals surface area contributed by atoms with Gasteiger partial charge in [0.1, 0.15) is 23.4 Å². The fraction of sp³-hybridized carbons (Fsp3) is 0.194. The number of aryl methyl sites for hydroxylation is 1. The van der Waals surface area contributed by atoms with Crippen LogP contribution in [0, 0.1) is 5.82 Å². The van der Waals surface area contributed by atoms with Crippen LogP contribution in [0.5, 0.6) is 11.5 Å². The minimum atomic E-state index is -0.712. The van der Waals surface area contributed by atoms with E-state index in [2.05, 4.69) is 15.6 Å². The maximum atomic E-state index is 15.1. The summed E-state index contributed by atoms with van der Waals surface area (Å²) >= 11 is 0. The molecule has 1 fully saturated rings. The molecule has 3 aliphatic rings. The Morgan fingerprint density at radius 1 is 0.917 bits per heavy atom. The fourth-order valence-electron chi connectivity index (χ4n) is 5.88. The molecule has 0 saturated carbocycles. The van der Waals surface area contributed by atoms with Gasteiger partial charge in [0.25, 0.3) is 23.3 Å². The van der Waals surface area contributed by atoms with Crippen molar-refractivity contribution in [3.63, 3.8) is 0 Å². The van der Waals surface area contributed by atoms with Crippen molar-refractivity contribution >= 4 is 28.6 Å². The molecule has 8 rings (SSSR count). The van der Waals surface area contributed by atoms with Crippen molar-refractivity contribution in [3.8, 4) is 22.6 Å². The number of hydrogen-bond donors (Lipinski definition) is 2. The first-order valence-corrected chi connectivity index (χ1v) is 15.3. The Hall–Kier alpha value is -6.04. The summed E-state index contributed by atoms with van der Waals surface area (Å²) in [7, 11) is 1.60. The monoisotopic (exact) mass is 647 g/mol. The van der Waals surface area contributed by atoms with Gasteiger partial charge in [0, 0.05) is 25.7 Å². The third-order valence-electron chi connectivity index (χ3n) is 8.48. The van der Waals surface area contributed by atoms with E-state index in [1.54, 1.807) is 84.7 Å². The van der Waals surface area contributed by atoms with Crippen molar-refractivity contribution in [1.82, 2.24) is 25.1 Å². The molecule has 2 atom stereocenters. The van der Waals surface area contributed by atoms with E-state index in [0.717, 1.165) is 5.56 Å². The lowest BCUT2D eigenvalue weighted by Crippen LogP contribution is -2.45. The van der Waals surface area contributed by atoms with Crippen LogP contribution in [0.25, 0.3) is 22.0 Å². The second-order valence-electron chi connectivity index (χ2n) is 11.8. The molecule has 6 bridgehead atoms. The van der Waals surface area contributed by atoms with E-state index in [1.165, 1.54) is 23.0 Å². The quantitative estimate of drug-likeness (QED) is 0.285. The van der Waals surface area contributed by atoms with E-state index in [9.17, 15) is 19.2 Å². The van der Waals surface area contributed by atoms with Crippen molar-refractivity contribution < 1.29 is 28.2 Å². The van der Waals surface area contributed by atoms with E-state index in [1.807, 2.05) is 0 Å². The molecule has 11 nitrogen and oxygen atoms in total. The molecule has 4 heterocycles. The number of nitrogens with zero attached hydrogens (tertiary/aromatic N) is 3. The lowest BCUT2D eigenvalue weighted by Gasteiger charge is -2.21. The number of likely N-dealkylation sites (tertiary alicyclic amines) is 1. The zero-order chi connectivity index (χ0) is 33.4. The van der Waals surface area contributed by atoms with Crippen LogP contribution in [0.4, 0.5) is 4.39 Å². The van der Waals surface area contributed by atoms with E-state index in [0.29, 0.717) is 39.1 Å². The maximum absolute atomic E-state index is 15.1. The molecule has 48 heavy (non-hydrogen) atoms. The molecule has 3 aliphatic heterocycles. The number of aromatic nitrogens is 2. The van der Waals surface area contributed by atoms with Crippen molar-refractivity contribution in [2.75, 3.05) is 19.7 Å². The number of ether oxygens (including phenoxy) is 2. The van der Waals surface area contributed by atoms with Crippen LogP contribution in [0.1, 0.15) is 26.3 Å². The largest absolute Gasteiger partial charge is 0.486 e. The predicted molar refractivity (Wildman–Crippen MR) is 174 cm³/mol. The van der Waals surface area contributed by atoms with E-state index >= 15 is 4.39 Å². The molecule has 1 aromatic heterocycles. The number of halogens is 1. The molecule has 242 valence electrons. The Labute approximate surface area is 273 Å². The summed E-state index contributed by atoms with van der Waals surface area (Å²) in [5.41, 5.74) is 2.37. The SMILES string of the molecule is Cn1cnc2cc(C(=O)N3C[C@@H]4NC(=O)c5cc(ccc5F)-c5cccc(c5)OCC(=O)NCc5ccc(cc5)O[C@H]4C3)ccc2c1=O. The summed E-state index contributed by atoms with van der Waals surface area (Å²) in [6.07, 6.45) is 0.718. The molecular weight excluding hydrogens is 617 g/mol. The minimum absolute atomic E-state index is 0.0854. The van der Waals surface area contributed by atoms with Crippen LogP contribution in [-0.2, 0) is 18.4 Å². The minimum Gasteiger partial charge on any atom is -0.486 e. The van der Waals surface area contributed by atoms with Gasteiger partial charge in [-0.25, -0.2) is 9.37 Å². The number of fused-ring (bicyclic) bond motifs is 8. The summed E-state index contributed by atoms with van der Waals surface area (Å²) < 4.78 is 28.5. The number of carbonyl (C=O) groups is 3. The molecular formula is C36H30FN5O6. The topological polar surface area (TPSA) is 132 Å². The summed E-state index contributed by atoms with van der Waals surface area (Å²) in [5, 5.41) is 6.13. The number of hydrogen-bond acceptors (Lipinski definition) is 7. The van der Waals surface area contributed by atoms with Crippen molar-refractivity contribution in [1.29, 1.82) is 0 Å². The fourth-order valence-corrected chi connectivity index (χ4v) is 5.88. The first kappa shape index (κ1) is 30.6. The average Bonchev–Trinajstić information content (AvgIpc) is 3.49. The van der Waals surface area contributed by atoms with E-state index in [4.69, 9.17) is 9.47 Å². The molecule has 0 unspecified atom stereocenters. The molecule has 0 radical (unpaired) electrons. The maximum Gasteiger partial charge on any atom is 0.260 e. The van der Waals surface area contributed by atoms with Gasteiger partial charge in [-0.1, -0.05) is 30.3 Å². The highest BCUT2D eigenvalue weighted by Crippen LogP contribution is 2.27. The van der Waals surface area contributed by atoms with Crippen LogP contribution < -0.4 is 25.7 Å². The second-order valence-corrected chi connectivity index (χ2v) is 11.8. The molecule has 4 aromatic carbocycles. The van der Waals surface area contributed by atoms with E-state index < -0.39 is 23.9 Å². The van der Waals surface area contributed by atoms with Crippen molar-refractivity contribution in [2.24, 2.45) is 7.05 Å². The highest BCUT2D eigenvalue weighted by molar-refractivity contribution is 5.98. The summed E-state index contributed by atoms with van der Waals surface area (Å²) in [5.74, 6) is -1.09. The molecule has 1 saturated heterocycles. The van der Waals surface area contributed by atoms with Gasteiger partial charge in [-0.3, -0.25) is 19.2 Å². The molecule has 0 spiro atoms. The van der Waals surface area contributed by atoms with Crippen LogP contribution in [-0.4, -0.2) is 64.0 Å². The zero-order valence-corrected chi connectivity index (χ0v) is 25.8. The number of carbonyl (C=O) groups excluding carboxylic acids is 3. The van der Waals surface area contributed by atoms with Gasteiger partial charge < -0.3 is 29.6 Å². The Balaban J connectivity index is 1.21. The number of nitrogens with one attached hydrogen (secondary N) is 2. The lowest BCUT2D eigenvalue weighted by atomic mass is 10.0.